The summed E-state index contributed by atoms with van der Waals surface area (Å²) in [5.41, 5.74) is 2.03. The molecule has 3 rings (SSSR count). The summed E-state index contributed by atoms with van der Waals surface area (Å²) in [5.74, 6) is -1.45. The third kappa shape index (κ3) is 6.54. The molecule has 0 aromatic heterocycles. The van der Waals surface area contributed by atoms with Gasteiger partial charge in [-0.3, -0.25) is 9.59 Å². The Balaban J connectivity index is 1.72. The molecule has 3 aromatic rings. The Morgan fingerprint density at radius 3 is 2.39 bits per heavy atom. The standard InChI is InChI=1S/C25H21BrN2O5/c1-33-25(32)22(13-16-6-3-2-4-7-16)28-24(31)20-11-10-18(14-21(20)26)23(30)27-15-17-8-5-9-19(29)12-17/h2-14,29H,15H2,1H3,(H,27,30)(H,28,31). The molecule has 0 fully saturated rings. The Bertz CT molecular complexity index is 1210. The molecule has 0 heterocycles. The normalized spacial score (nSPS) is 10.9. The number of phenolic OH excluding ortho intramolecular Hbond substituents is 1. The summed E-state index contributed by atoms with van der Waals surface area (Å²) >= 11 is 3.32. The second-order valence-corrected chi connectivity index (χ2v) is 7.82. The summed E-state index contributed by atoms with van der Waals surface area (Å²) in [7, 11) is 1.23. The van der Waals surface area contributed by atoms with E-state index in [2.05, 4.69) is 26.6 Å². The monoisotopic (exact) mass is 508 g/mol. The predicted octanol–water partition coefficient (Wildman–Crippen LogP) is 4.03. The van der Waals surface area contributed by atoms with Crippen molar-refractivity contribution < 1.29 is 24.2 Å². The highest BCUT2D eigenvalue weighted by molar-refractivity contribution is 9.10. The number of hydrogen-bond donors (Lipinski definition) is 3. The molecule has 7 nitrogen and oxygen atoms in total. The van der Waals surface area contributed by atoms with Gasteiger partial charge in [0.1, 0.15) is 11.4 Å². The van der Waals surface area contributed by atoms with Crippen LogP contribution in [0, 0.1) is 0 Å². The molecule has 0 unspecified atom stereocenters. The van der Waals surface area contributed by atoms with Crippen LogP contribution in [0.1, 0.15) is 31.8 Å². The number of carbonyl (C=O) groups excluding carboxylic acids is 3. The topological polar surface area (TPSA) is 105 Å². The lowest BCUT2D eigenvalue weighted by Gasteiger charge is -2.11. The molecule has 0 saturated carbocycles. The zero-order valence-corrected chi connectivity index (χ0v) is 19.3. The maximum Gasteiger partial charge on any atom is 0.354 e. The molecule has 0 spiro atoms. The van der Waals surface area contributed by atoms with E-state index in [1.807, 2.05) is 18.2 Å². The first kappa shape index (κ1) is 23.7. The van der Waals surface area contributed by atoms with E-state index < -0.39 is 11.9 Å². The van der Waals surface area contributed by atoms with Crippen LogP contribution in [0.5, 0.6) is 5.75 Å². The van der Waals surface area contributed by atoms with Crippen molar-refractivity contribution in [2.24, 2.45) is 0 Å². The van der Waals surface area contributed by atoms with Crippen LogP contribution in [0.2, 0.25) is 0 Å². The van der Waals surface area contributed by atoms with Crippen molar-refractivity contribution in [1.29, 1.82) is 0 Å². The lowest BCUT2D eigenvalue weighted by molar-refractivity contribution is -0.136. The minimum absolute atomic E-state index is 0.0199. The Hall–Kier alpha value is -3.91. The fourth-order valence-electron chi connectivity index (χ4n) is 2.95. The third-order valence-electron chi connectivity index (χ3n) is 4.60. The first-order valence-electron chi connectivity index (χ1n) is 9.89. The number of amides is 2. The van der Waals surface area contributed by atoms with E-state index in [0.717, 1.165) is 11.1 Å². The molecule has 3 N–H and O–H groups in total. The fraction of sp³-hybridized carbons (Fsp3) is 0.0800. The van der Waals surface area contributed by atoms with Crippen molar-refractivity contribution in [2.75, 3.05) is 7.11 Å². The van der Waals surface area contributed by atoms with Crippen LogP contribution in [-0.4, -0.2) is 30.0 Å². The fourth-order valence-corrected chi connectivity index (χ4v) is 3.51. The predicted molar refractivity (Wildman–Crippen MR) is 127 cm³/mol. The van der Waals surface area contributed by atoms with Gasteiger partial charge in [-0.1, -0.05) is 42.5 Å². The van der Waals surface area contributed by atoms with Crippen molar-refractivity contribution in [3.05, 3.63) is 105 Å². The number of aromatic hydroxyl groups is 1. The number of rotatable bonds is 7. The van der Waals surface area contributed by atoms with E-state index in [4.69, 9.17) is 4.74 Å². The van der Waals surface area contributed by atoms with Gasteiger partial charge in [-0.25, -0.2) is 4.79 Å². The molecule has 168 valence electrons. The van der Waals surface area contributed by atoms with Crippen LogP contribution >= 0.6 is 15.9 Å². The van der Waals surface area contributed by atoms with Crippen molar-refractivity contribution in [3.63, 3.8) is 0 Å². The van der Waals surface area contributed by atoms with E-state index in [0.29, 0.717) is 10.0 Å². The van der Waals surface area contributed by atoms with Gasteiger partial charge in [0.2, 0.25) is 0 Å². The average Bonchev–Trinajstić information content (AvgIpc) is 2.82. The summed E-state index contributed by atoms with van der Waals surface area (Å²) in [6, 6.07) is 20.1. The maximum absolute atomic E-state index is 12.8. The number of esters is 1. The zero-order valence-electron chi connectivity index (χ0n) is 17.7. The molecule has 0 saturated heterocycles. The van der Waals surface area contributed by atoms with E-state index in [1.165, 1.54) is 31.4 Å². The Labute approximate surface area is 199 Å². The summed E-state index contributed by atoms with van der Waals surface area (Å²) in [6.07, 6.45) is 1.51. The highest BCUT2D eigenvalue weighted by atomic mass is 79.9. The van der Waals surface area contributed by atoms with Crippen LogP contribution in [0.25, 0.3) is 6.08 Å². The first-order chi connectivity index (χ1) is 15.9. The van der Waals surface area contributed by atoms with Crippen molar-refractivity contribution in [1.82, 2.24) is 10.6 Å². The molecule has 0 aliphatic carbocycles. The van der Waals surface area contributed by atoms with E-state index in [-0.39, 0.29) is 29.5 Å². The second kappa shape index (κ2) is 11.1. The van der Waals surface area contributed by atoms with Crippen LogP contribution in [-0.2, 0) is 16.1 Å². The van der Waals surface area contributed by atoms with Gasteiger partial charge >= 0.3 is 5.97 Å². The summed E-state index contributed by atoms with van der Waals surface area (Å²) in [5, 5.41) is 14.8. The van der Waals surface area contributed by atoms with Gasteiger partial charge in [0, 0.05) is 16.6 Å². The Morgan fingerprint density at radius 1 is 0.970 bits per heavy atom. The van der Waals surface area contributed by atoms with Crippen LogP contribution in [0.15, 0.2) is 83.0 Å². The van der Waals surface area contributed by atoms with Gasteiger partial charge in [-0.15, -0.1) is 0 Å². The van der Waals surface area contributed by atoms with Gasteiger partial charge < -0.3 is 20.5 Å². The summed E-state index contributed by atoms with van der Waals surface area (Å²) in [4.78, 5) is 37.4. The number of phenols is 1. The molecule has 0 aliphatic rings. The average molecular weight is 509 g/mol. The largest absolute Gasteiger partial charge is 0.508 e. The van der Waals surface area contributed by atoms with Crippen LogP contribution in [0.4, 0.5) is 0 Å². The third-order valence-corrected chi connectivity index (χ3v) is 5.26. The van der Waals surface area contributed by atoms with Crippen molar-refractivity contribution >= 4 is 39.8 Å². The second-order valence-electron chi connectivity index (χ2n) is 6.96. The lowest BCUT2D eigenvalue weighted by Crippen LogP contribution is -2.28. The molecule has 0 aliphatic heterocycles. The quantitative estimate of drug-likeness (QED) is 0.330. The highest BCUT2D eigenvalue weighted by Crippen LogP contribution is 2.20. The number of nitrogens with one attached hydrogen (secondary N) is 2. The maximum atomic E-state index is 12.8. The molecule has 0 radical (unpaired) electrons. The van der Waals surface area contributed by atoms with Gasteiger partial charge in [0.25, 0.3) is 11.8 Å². The molecule has 8 heteroatoms. The molecular formula is C25H21BrN2O5. The van der Waals surface area contributed by atoms with Gasteiger partial charge in [0.15, 0.2) is 0 Å². The number of halogens is 1. The Morgan fingerprint density at radius 2 is 1.73 bits per heavy atom. The highest BCUT2D eigenvalue weighted by Gasteiger charge is 2.18. The lowest BCUT2D eigenvalue weighted by atomic mass is 10.1. The molecular weight excluding hydrogens is 488 g/mol. The number of methoxy groups -OCH3 is 1. The molecule has 0 atom stereocenters. The molecule has 33 heavy (non-hydrogen) atoms. The summed E-state index contributed by atoms with van der Waals surface area (Å²) in [6.45, 7) is 0.236. The summed E-state index contributed by atoms with van der Waals surface area (Å²) < 4.78 is 5.15. The first-order valence-corrected chi connectivity index (χ1v) is 10.7. The number of ether oxygens (including phenoxy) is 1. The van der Waals surface area contributed by atoms with Crippen molar-refractivity contribution in [3.8, 4) is 5.75 Å². The number of carbonyl (C=O) groups is 3. The molecule has 0 bridgehead atoms. The van der Waals surface area contributed by atoms with Gasteiger partial charge in [-0.2, -0.15) is 0 Å². The number of benzene rings is 3. The van der Waals surface area contributed by atoms with E-state index >= 15 is 0 Å². The number of hydrogen-bond acceptors (Lipinski definition) is 5. The van der Waals surface area contributed by atoms with Crippen LogP contribution < -0.4 is 10.6 Å². The zero-order chi connectivity index (χ0) is 23.8. The Kier molecular flexibility index (Phi) is 7.99. The van der Waals surface area contributed by atoms with E-state index in [1.54, 1.807) is 36.4 Å². The molecule has 2 amide bonds. The van der Waals surface area contributed by atoms with Crippen molar-refractivity contribution in [2.45, 2.75) is 6.54 Å². The SMILES string of the molecule is COC(=O)C(=Cc1ccccc1)NC(=O)c1ccc(C(=O)NCc2cccc(O)c2)cc1Br. The molecule has 3 aromatic carbocycles. The minimum Gasteiger partial charge on any atom is -0.508 e. The van der Waals surface area contributed by atoms with E-state index in [9.17, 15) is 19.5 Å². The minimum atomic E-state index is -0.689. The van der Waals surface area contributed by atoms with Gasteiger partial charge in [0.05, 0.1) is 12.7 Å². The van der Waals surface area contributed by atoms with Crippen LogP contribution in [0.3, 0.4) is 0 Å². The smallest absolute Gasteiger partial charge is 0.354 e. The van der Waals surface area contributed by atoms with Gasteiger partial charge in [-0.05, 0) is 63.5 Å².